The molecule has 3 heteroatoms. The predicted molar refractivity (Wildman–Crippen MR) is 68.8 cm³/mol. The monoisotopic (exact) mass is 317 g/mol. The van der Waals surface area contributed by atoms with Crippen LogP contribution in [0.15, 0.2) is 24.3 Å². The number of aromatic nitrogens is 1. The summed E-state index contributed by atoms with van der Waals surface area (Å²) in [6.07, 6.45) is 0.917. The highest BCUT2D eigenvalue weighted by atomic mass is 127. The minimum absolute atomic E-state index is 0.797. The van der Waals surface area contributed by atoms with E-state index in [0.717, 1.165) is 31.6 Å². The summed E-state index contributed by atoms with van der Waals surface area (Å²) in [7, 11) is 0. The molecule has 0 N–H and O–H groups in total. The van der Waals surface area contributed by atoms with Gasteiger partial charge in [-0.1, -0.05) is 30.7 Å². The summed E-state index contributed by atoms with van der Waals surface area (Å²) in [6, 6.07) is 8.00. The molecule has 0 amide bonds. The Kier molecular flexibility index (Phi) is 2.93. The fourth-order valence-corrected chi connectivity index (χ4v) is 2.30. The first-order valence-electron chi connectivity index (χ1n) is 4.46. The summed E-state index contributed by atoms with van der Waals surface area (Å²) in [5, 5.41) is 1.83. The van der Waals surface area contributed by atoms with Crippen molar-refractivity contribution in [3.63, 3.8) is 0 Å². The minimum atomic E-state index is 0.797. The van der Waals surface area contributed by atoms with Crippen LogP contribution in [0.3, 0.4) is 0 Å². The molecule has 0 saturated heterocycles. The summed E-state index contributed by atoms with van der Waals surface area (Å²) in [5.74, 6) is 0. The van der Waals surface area contributed by atoms with E-state index in [9.17, 15) is 0 Å². The van der Waals surface area contributed by atoms with Gasteiger partial charge in [-0.3, -0.25) is 4.98 Å². The van der Waals surface area contributed by atoms with Gasteiger partial charge in [-0.05, 0) is 41.1 Å². The molecule has 0 saturated carbocycles. The third-order valence-corrected chi connectivity index (χ3v) is 3.34. The van der Waals surface area contributed by atoms with Crippen LogP contribution in [0.5, 0.6) is 0 Å². The van der Waals surface area contributed by atoms with Gasteiger partial charge >= 0.3 is 0 Å². The van der Waals surface area contributed by atoms with E-state index < -0.39 is 0 Å². The molecule has 0 atom stereocenters. The molecule has 0 radical (unpaired) electrons. The van der Waals surface area contributed by atoms with E-state index in [1.54, 1.807) is 0 Å². The molecule has 2 aromatic rings. The second-order valence-electron chi connectivity index (χ2n) is 3.08. The van der Waals surface area contributed by atoms with E-state index in [1.165, 1.54) is 0 Å². The average Bonchev–Trinajstić information content (AvgIpc) is 2.19. The number of benzene rings is 1. The number of pyridine rings is 1. The smallest absolute Gasteiger partial charge is 0.0853 e. The lowest BCUT2D eigenvalue weighted by Crippen LogP contribution is -1.90. The van der Waals surface area contributed by atoms with Crippen LogP contribution in [0, 0.1) is 3.57 Å². The van der Waals surface area contributed by atoms with Crippen molar-refractivity contribution in [1.82, 2.24) is 4.98 Å². The Hall–Kier alpha value is -0.350. The molecule has 0 unspecified atom stereocenters. The van der Waals surface area contributed by atoms with E-state index in [-0.39, 0.29) is 0 Å². The molecule has 1 nitrogen and oxygen atoms in total. The maximum atomic E-state index is 6.17. The third-order valence-electron chi connectivity index (χ3n) is 2.16. The first-order chi connectivity index (χ1) is 6.72. The van der Waals surface area contributed by atoms with E-state index >= 15 is 0 Å². The van der Waals surface area contributed by atoms with Crippen molar-refractivity contribution < 1.29 is 0 Å². The Morgan fingerprint density at radius 2 is 2.21 bits per heavy atom. The topological polar surface area (TPSA) is 12.9 Å². The average molecular weight is 318 g/mol. The summed E-state index contributed by atoms with van der Waals surface area (Å²) >= 11 is 8.46. The zero-order chi connectivity index (χ0) is 10.1. The lowest BCUT2D eigenvalue weighted by atomic mass is 10.2. The first kappa shape index (κ1) is 10.2. The minimum Gasteiger partial charge on any atom is -0.252 e. The van der Waals surface area contributed by atoms with Crippen molar-refractivity contribution in [2.24, 2.45) is 0 Å². The molecular weight excluding hydrogens is 308 g/mol. The maximum Gasteiger partial charge on any atom is 0.0853 e. The Morgan fingerprint density at radius 1 is 1.43 bits per heavy atom. The fraction of sp³-hybridized carbons (Fsp3) is 0.182. The van der Waals surface area contributed by atoms with Crippen molar-refractivity contribution >= 4 is 45.1 Å². The van der Waals surface area contributed by atoms with Gasteiger partial charge in [0.1, 0.15) is 0 Å². The Labute approximate surface area is 102 Å². The SMILES string of the molecule is CCc1cc(Cl)c2cccc(I)c2n1. The molecule has 0 aliphatic carbocycles. The second kappa shape index (κ2) is 4.03. The summed E-state index contributed by atoms with van der Waals surface area (Å²) in [5.41, 5.74) is 2.06. The van der Waals surface area contributed by atoms with Gasteiger partial charge in [-0.2, -0.15) is 0 Å². The number of nitrogens with zero attached hydrogens (tertiary/aromatic N) is 1. The highest BCUT2D eigenvalue weighted by molar-refractivity contribution is 14.1. The first-order valence-corrected chi connectivity index (χ1v) is 5.91. The highest BCUT2D eigenvalue weighted by Crippen LogP contribution is 2.26. The number of aryl methyl sites for hydroxylation is 1. The summed E-state index contributed by atoms with van der Waals surface area (Å²) < 4.78 is 1.15. The van der Waals surface area contributed by atoms with Crippen molar-refractivity contribution in [3.05, 3.63) is 38.6 Å². The normalized spacial score (nSPS) is 10.8. The van der Waals surface area contributed by atoms with Crippen LogP contribution in [-0.4, -0.2) is 4.98 Å². The Balaban J connectivity index is 2.83. The largest absolute Gasteiger partial charge is 0.252 e. The summed E-state index contributed by atoms with van der Waals surface area (Å²) in [4.78, 5) is 4.56. The van der Waals surface area contributed by atoms with Crippen LogP contribution < -0.4 is 0 Å². The van der Waals surface area contributed by atoms with E-state index in [1.807, 2.05) is 24.3 Å². The van der Waals surface area contributed by atoms with E-state index in [0.29, 0.717) is 0 Å². The number of rotatable bonds is 1. The quantitative estimate of drug-likeness (QED) is 0.723. The molecular formula is C11H9ClIN. The van der Waals surface area contributed by atoms with Gasteiger partial charge in [0.25, 0.3) is 0 Å². The lowest BCUT2D eigenvalue weighted by molar-refractivity contribution is 1.06. The lowest BCUT2D eigenvalue weighted by Gasteiger charge is -2.04. The van der Waals surface area contributed by atoms with Crippen LogP contribution in [-0.2, 0) is 6.42 Å². The van der Waals surface area contributed by atoms with Gasteiger partial charge in [0, 0.05) is 14.7 Å². The van der Waals surface area contributed by atoms with Crippen LogP contribution in [0.1, 0.15) is 12.6 Å². The summed E-state index contributed by atoms with van der Waals surface area (Å²) in [6.45, 7) is 2.08. The third kappa shape index (κ3) is 1.73. The van der Waals surface area contributed by atoms with E-state index in [4.69, 9.17) is 11.6 Å². The molecule has 0 aliphatic rings. The van der Waals surface area contributed by atoms with Crippen LogP contribution in [0.25, 0.3) is 10.9 Å². The van der Waals surface area contributed by atoms with Gasteiger partial charge in [-0.15, -0.1) is 0 Å². The van der Waals surface area contributed by atoms with Crippen molar-refractivity contribution in [1.29, 1.82) is 0 Å². The Bertz CT molecular complexity index is 482. The molecule has 1 heterocycles. The number of fused-ring (bicyclic) bond motifs is 1. The number of para-hydroxylation sites is 1. The molecule has 0 spiro atoms. The fourth-order valence-electron chi connectivity index (χ4n) is 1.40. The zero-order valence-corrected chi connectivity index (χ0v) is 10.6. The van der Waals surface area contributed by atoms with Gasteiger partial charge in [-0.25, -0.2) is 0 Å². The Morgan fingerprint density at radius 3 is 2.93 bits per heavy atom. The van der Waals surface area contributed by atoms with Gasteiger partial charge in [0.15, 0.2) is 0 Å². The van der Waals surface area contributed by atoms with Gasteiger partial charge < -0.3 is 0 Å². The molecule has 1 aromatic carbocycles. The molecule has 14 heavy (non-hydrogen) atoms. The predicted octanol–water partition coefficient (Wildman–Crippen LogP) is 4.06. The number of halogens is 2. The van der Waals surface area contributed by atoms with Crippen molar-refractivity contribution in [2.75, 3.05) is 0 Å². The second-order valence-corrected chi connectivity index (χ2v) is 4.65. The van der Waals surface area contributed by atoms with Crippen LogP contribution in [0.4, 0.5) is 0 Å². The molecule has 0 fully saturated rings. The molecule has 72 valence electrons. The zero-order valence-electron chi connectivity index (χ0n) is 7.72. The van der Waals surface area contributed by atoms with Gasteiger partial charge in [0.05, 0.1) is 10.5 Å². The molecule has 0 aliphatic heterocycles. The van der Waals surface area contributed by atoms with Crippen LogP contribution in [0.2, 0.25) is 5.02 Å². The standard InChI is InChI=1S/C11H9ClIN/c1-2-7-6-9(12)8-4-3-5-10(13)11(8)14-7/h3-6H,2H2,1H3. The number of hydrogen-bond acceptors (Lipinski definition) is 1. The van der Waals surface area contributed by atoms with Crippen molar-refractivity contribution in [2.45, 2.75) is 13.3 Å². The maximum absolute atomic E-state index is 6.17. The molecule has 0 bridgehead atoms. The van der Waals surface area contributed by atoms with Crippen LogP contribution >= 0.6 is 34.2 Å². The van der Waals surface area contributed by atoms with Gasteiger partial charge in [0.2, 0.25) is 0 Å². The number of hydrogen-bond donors (Lipinski definition) is 0. The molecule has 1 aromatic heterocycles. The highest BCUT2D eigenvalue weighted by Gasteiger charge is 2.05. The van der Waals surface area contributed by atoms with Crippen molar-refractivity contribution in [3.8, 4) is 0 Å². The molecule has 2 rings (SSSR count). The van der Waals surface area contributed by atoms with E-state index in [2.05, 4.69) is 34.5 Å².